The number of nitrogens with zero attached hydrogens (tertiary/aromatic N) is 2. The first-order chi connectivity index (χ1) is 5.20. The normalized spacial score (nSPS) is 6.08. The summed E-state index contributed by atoms with van der Waals surface area (Å²) in [7, 11) is 0. The molecule has 0 aromatic carbocycles. The van der Waals surface area contributed by atoms with E-state index in [0.29, 0.717) is 0 Å². The molecule has 0 atom stereocenters. The molecule has 0 aromatic heterocycles. The first kappa shape index (κ1) is 17.0. The zero-order valence-electron chi connectivity index (χ0n) is 5.61. The van der Waals surface area contributed by atoms with Gasteiger partial charge in [-0.15, -0.1) is 0 Å². The van der Waals surface area contributed by atoms with Crippen LogP contribution in [-0.2, 0) is 23.1 Å². The third-order valence-electron chi connectivity index (χ3n) is 0. The van der Waals surface area contributed by atoms with E-state index in [2.05, 4.69) is 0 Å². The molecule has 9 nitrogen and oxygen atoms in total. The Balaban J connectivity index is -0.000000101. The molecule has 0 heterocycles. The second kappa shape index (κ2) is 12.4. The van der Waals surface area contributed by atoms with Crippen LogP contribution in [0, 0.1) is 30.6 Å². The Bertz CT molecular complexity index is 117. The SMILES string of the molecule is C[C](=O)[Ru+2].O=[N+]([O-])[O-].O=[N+]([O-])[O-]. The van der Waals surface area contributed by atoms with Crippen molar-refractivity contribution in [1.82, 2.24) is 0 Å². The van der Waals surface area contributed by atoms with Gasteiger partial charge < -0.3 is 30.6 Å². The van der Waals surface area contributed by atoms with Gasteiger partial charge in [0.25, 0.3) is 0 Å². The standard InChI is InChI=1S/C2H3O.2NO3.Ru/c1-2-3;2*2-1(3)4;/h1H3;;;/q;2*-1;+2. The quantitative estimate of drug-likeness (QED) is 0.329. The van der Waals surface area contributed by atoms with Crippen LogP contribution >= 0.6 is 0 Å². The number of carbonyl (C=O) groups excluding carboxylic acids is 1. The summed E-state index contributed by atoms with van der Waals surface area (Å²) in [5.41, 5.74) is 0. The maximum Gasteiger partial charge on any atom is 0.0689 e. The second-order valence-electron chi connectivity index (χ2n) is 0.900. The summed E-state index contributed by atoms with van der Waals surface area (Å²) >= 11 is 1.94. The summed E-state index contributed by atoms with van der Waals surface area (Å²) in [6.07, 6.45) is 0. The predicted molar refractivity (Wildman–Crippen MR) is 31.4 cm³/mol. The molecule has 0 aromatic rings. The fourth-order valence-corrected chi connectivity index (χ4v) is 0. The number of rotatable bonds is 0. The molecule has 0 aliphatic heterocycles. The van der Waals surface area contributed by atoms with E-state index in [1.807, 2.05) is 18.3 Å². The summed E-state index contributed by atoms with van der Waals surface area (Å²) < 4.78 is 0.0967. The van der Waals surface area contributed by atoms with Gasteiger partial charge >= 0.3 is 34.4 Å². The molecule has 0 aliphatic carbocycles. The van der Waals surface area contributed by atoms with Crippen molar-refractivity contribution < 1.29 is 33.3 Å². The van der Waals surface area contributed by atoms with Crippen LogP contribution in [0.15, 0.2) is 0 Å². The molecule has 0 bridgehead atoms. The van der Waals surface area contributed by atoms with E-state index in [1.54, 1.807) is 0 Å². The first-order valence-electron chi connectivity index (χ1n) is 1.98. The van der Waals surface area contributed by atoms with Crippen LogP contribution in [-0.4, -0.2) is 14.6 Å². The summed E-state index contributed by atoms with van der Waals surface area (Å²) in [6, 6.07) is 0. The molecule has 0 saturated carbocycles. The van der Waals surface area contributed by atoms with Crippen LogP contribution in [0.2, 0.25) is 0 Å². The molecule has 0 saturated heterocycles. The Kier molecular flexibility index (Phi) is 17.5. The van der Waals surface area contributed by atoms with Crippen LogP contribution in [0.1, 0.15) is 6.92 Å². The van der Waals surface area contributed by atoms with Crippen molar-refractivity contribution in [2.45, 2.75) is 6.92 Å². The van der Waals surface area contributed by atoms with Gasteiger partial charge in [0.05, 0.1) is 10.2 Å². The van der Waals surface area contributed by atoms with E-state index in [0.717, 1.165) is 0 Å². The van der Waals surface area contributed by atoms with Gasteiger partial charge in [-0.1, -0.05) is 0 Å². The van der Waals surface area contributed by atoms with Crippen LogP contribution in [0.4, 0.5) is 0 Å². The van der Waals surface area contributed by atoms with Crippen LogP contribution in [0.5, 0.6) is 0 Å². The molecule has 0 unspecified atom stereocenters. The van der Waals surface area contributed by atoms with Gasteiger partial charge in [0.15, 0.2) is 0 Å². The Morgan fingerprint density at radius 2 is 1.08 bits per heavy atom. The van der Waals surface area contributed by atoms with Crippen molar-refractivity contribution in [1.29, 1.82) is 0 Å². The molecule has 0 N–H and O–H groups in total. The summed E-state index contributed by atoms with van der Waals surface area (Å²) in [4.78, 5) is 25.9. The summed E-state index contributed by atoms with van der Waals surface area (Å²) in [5.74, 6) is 0. The van der Waals surface area contributed by atoms with E-state index in [1.165, 1.54) is 6.92 Å². The largest absolute Gasteiger partial charge is 0.356 e. The topological polar surface area (TPSA) is 149 Å². The third-order valence-corrected chi connectivity index (χ3v) is 0. The van der Waals surface area contributed by atoms with Gasteiger partial charge in [0.1, 0.15) is 0 Å². The Hall–Kier alpha value is -1.31. The number of hydrogen-bond donors (Lipinski definition) is 0. The van der Waals surface area contributed by atoms with Crippen molar-refractivity contribution in [3.63, 3.8) is 0 Å². The summed E-state index contributed by atoms with van der Waals surface area (Å²) in [6.45, 7) is 1.50. The van der Waals surface area contributed by atoms with Crippen molar-refractivity contribution >= 4 is 4.38 Å². The molecular formula is C2H3N2O7Ru. The van der Waals surface area contributed by atoms with E-state index >= 15 is 0 Å². The average Bonchev–Trinajstić information content (AvgIpc) is 1.54. The maximum atomic E-state index is 9.41. The Labute approximate surface area is 75.9 Å². The zero-order chi connectivity index (χ0) is 10.7. The minimum absolute atomic E-state index is 0.0967. The molecular weight excluding hydrogens is 265 g/mol. The smallest absolute Gasteiger partial charge is 0.0689 e. The summed E-state index contributed by atoms with van der Waals surface area (Å²) in [5, 5.41) is 29.5. The van der Waals surface area contributed by atoms with Gasteiger partial charge in [0.2, 0.25) is 0 Å². The zero-order valence-corrected chi connectivity index (χ0v) is 7.34. The van der Waals surface area contributed by atoms with Crippen molar-refractivity contribution in [3.05, 3.63) is 30.6 Å². The van der Waals surface area contributed by atoms with Gasteiger partial charge in [-0.2, -0.15) is 0 Å². The predicted octanol–water partition coefficient (Wildman–Crippen LogP) is -0.399. The van der Waals surface area contributed by atoms with Crippen molar-refractivity contribution in [2.75, 3.05) is 0 Å². The third kappa shape index (κ3) is 301. The molecule has 12 heavy (non-hydrogen) atoms. The molecule has 0 spiro atoms. The van der Waals surface area contributed by atoms with Crippen LogP contribution < -0.4 is 0 Å². The molecule has 0 rings (SSSR count). The Morgan fingerprint density at radius 1 is 1.08 bits per heavy atom. The van der Waals surface area contributed by atoms with E-state index in [-0.39, 0.29) is 4.38 Å². The molecule has 10 heteroatoms. The average molecular weight is 268 g/mol. The van der Waals surface area contributed by atoms with Gasteiger partial charge in [-0.05, 0) is 0 Å². The van der Waals surface area contributed by atoms with Gasteiger partial charge in [-0.25, -0.2) is 0 Å². The van der Waals surface area contributed by atoms with E-state index in [4.69, 9.17) is 30.6 Å². The van der Waals surface area contributed by atoms with Crippen molar-refractivity contribution in [3.8, 4) is 0 Å². The molecule has 0 amide bonds. The number of carbonyl (C=O) groups is 1. The first-order valence-corrected chi connectivity index (χ1v) is 2.85. The fraction of sp³-hybridized carbons (Fsp3) is 0.500. The minimum Gasteiger partial charge on any atom is -0.356 e. The molecule has 0 aliphatic rings. The van der Waals surface area contributed by atoms with E-state index in [9.17, 15) is 4.79 Å². The molecule has 71 valence electrons. The van der Waals surface area contributed by atoms with Crippen LogP contribution in [0.3, 0.4) is 0 Å². The Morgan fingerprint density at radius 3 is 1.08 bits per heavy atom. The maximum absolute atomic E-state index is 9.41. The molecule has 0 fully saturated rings. The van der Waals surface area contributed by atoms with Crippen LogP contribution in [0.25, 0.3) is 0 Å². The molecule has 0 radical (unpaired) electrons. The van der Waals surface area contributed by atoms with E-state index < -0.39 is 10.2 Å². The second-order valence-corrected chi connectivity index (χ2v) is 2.12. The monoisotopic (exact) mass is 269 g/mol. The fourth-order valence-electron chi connectivity index (χ4n) is 0. The van der Waals surface area contributed by atoms with Gasteiger partial charge in [0, 0.05) is 0 Å². The van der Waals surface area contributed by atoms with Gasteiger partial charge in [-0.3, -0.25) is 0 Å². The van der Waals surface area contributed by atoms with Crippen molar-refractivity contribution in [2.24, 2.45) is 0 Å². The number of hydrogen-bond acceptors (Lipinski definition) is 7. The minimum atomic E-state index is -1.75.